The summed E-state index contributed by atoms with van der Waals surface area (Å²) in [4.78, 5) is 0. The van der Waals surface area contributed by atoms with Gasteiger partial charge in [-0.2, -0.15) is 0 Å². The molecule has 0 aliphatic carbocycles. The first-order chi connectivity index (χ1) is 6.25. The molecule has 0 aliphatic rings. The van der Waals surface area contributed by atoms with Gasteiger partial charge in [0.25, 0.3) is 0 Å². The lowest BCUT2D eigenvalue weighted by atomic mass is 10.2. The maximum atomic E-state index is 5.51. The normalized spacial score (nSPS) is 10.3. The summed E-state index contributed by atoms with van der Waals surface area (Å²) in [6.45, 7) is 0. The molecular weight excluding hydrogens is 302 g/mol. The van der Waals surface area contributed by atoms with Crippen LogP contribution in [0.15, 0.2) is 28.7 Å². The van der Waals surface area contributed by atoms with Gasteiger partial charge in [-0.3, -0.25) is 0 Å². The molecule has 0 aliphatic heterocycles. The second-order valence-corrected chi connectivity index (χ2v) is 3.94. The van der Waals surface area contributed by atoms with Crippen molar-refractivity contribution in [2.24, 2.45) is 0 Å². The van der Waals surface area contributed by atoms with E-state index in [1.807, 2.05) is 24.3 Å². The van der Waals surface area contributed by atoms with E-state index in [9.17, 15) is 0 Å². The van der Waals surface area contributed by atoms with Crippen molar-refractivity contribution < 1.29 is 4.42 Å². The minimum absolute atomic E-state index is 0.0638. The fourth-order valence-electron chi connectivity index (χ4n) is 0.943. The summed E-state index contributed by atoms with van der Waals surface area (Å²) in [7, 11) is 0. The number of benzene rings is 1. The molecule has 0 unspecified atom stereocenters. The third kappa shape index (κ3) is 2.00. The van der Waals surface area contributed by atoms with Crippen LogP contribution in [-0.4, -0.2) is 10.2 Å². The Balaban J connectivity index is 2.46. The molecule has 2 aromatic rings. The highest BCUT2D eigenvalue weighted by Crippen LogP contribution is 2.21. The van der Waals surface area contributed by atoms with Gasteiger partial charge in [0, 0.05) is 9.13 Å². The highest BCUT2D eigenvalue weighted by Gasteiger charge is 2.05. The van der Waals surface area contributed by atoms with Crippen LogP contribution in [0.2, 0.25) is 5.35 Å². The molecule has 13 heavy (non-hydrogen) atoms. The summed E-state index contributed by atoms with van der Waals surface area (Å²) < 4.78 is 6.18. The second-order valence-electron chi connectivity index (χ2n) is 2.37. The first-order valence-electron chi connectivity index (χ1n) is 3.50. The molecule has 1 aromatic carbocycles. The van der Waals surface area contributed by atoms with Crippen LogP contribution in [0.1, 0.15) is 0 Å². The third-order valence-corrected chi connectivity index (χ3v) is 2.30. The Bertz CT molecular complexity index is 430. The molecular formula is C8H4ClIN2O. The van der Waals surface area contributed by atoms with E-state index < -0.39 is 0 Å². The lowest BCUT2D eigenvalue weighted by molar-refractivity contribution is 0.571. The Hall–Kier alpha value is -0.620. The smallest absolute Gasteiger partial charge is 0.313 e. The first-order valence-corrected chi connectivity index (χ1v) is 4.96. The first kappa shape index (κ1) is 8.96. The van der Waals surface area contributed by atoms with Crippen molar-refractivity contribution >= 4 is 34.2 Å². The highest BCUT2D eigenvalue weighted by molar-refractivity contribution is 14.1. The van der Waals surface area contributed by atoms with Crippen LogP contribution in [-0.2, 0) is 0 Å². The van der Waals surface area contributed by atoms with Gasteiger partial charge in [-0.1, -0.05) is 11.2 Å². The van der Waals surface area contributed by atoms with Crippen LogP contribution in [0.5, 0.6) is 0 Å². The Morgan fingerprint density at radius 3 is 2.77 bits per heavy atom. The topological polar surface area (TPSA) is 38.9 Å². The maximum absolute atomic E-state index is 5.51. The third-order valence-electron chi connectivity index (χ3n) is 1.47. The number of aromatic nitrogens is 2. The van der Waals surface area contributed by atoms with Crippen molar-refractivity contribution in [3.05, 3.63) is 33.2 Å². The SMILES string of the molecule is Clc1nnc(-c2cccc(I)c2)o1. The van der Waals surface area contributed by atoms with E-state index in [0.717, 1.165) is 9.13 Å². The van der Waals surface area contributed by atoms with Gasteiger partial charge in [0.05, 0.1) is 0 Å². The molecule has 0 atom stereocenters. The van der Waals surface area contributed by atoms with E-state index in [2.05, 4.69) is 32.8 Å². The molecule has 1 aromatic heterocycles. The molecule has 0 N–H and O–H groups in total. The van der Waals surface area contributed by atoms with E-state index in [1.165, 1.54) is 0 Å². The number of halogens is 2. The summed E-state index contributed by atoms with van der Waals surface area (Å²) in [6.07, 6.45) is 0. The minimum Gasteiger partial charge on any atom is -0.407 e. The lowest BCUT2D eigenvalue weighted by Gasteiger charge is -1.93. The number of nitrogens with zero attached hydrogens (tertiary/aromatic N) is 2. The number of hydrogen-bond donors (Lipinski definition) is 0. The van der Waals surface area contributed by atoms with Crippen LogP contribution < -0.4 is 0 Å². The highest BCUT2D eigenvalue weighted by atomic mass is 127. The molecule has 0 saturated heterocycles. The van der Waals surface area contributed by atoms with Gasteiger partial charge in [-0.25, -0.2) is 0 Å². The van der Waals surface area contributed by atoms with E-state index in [-0.39, 0.29) is 5.35 Å². The predicted octanol–water partition coefficient (Wildman–Crippen LogP) is 2.99. The fourth-order valence-corrected chi connectivity index (χ4v) is 1.60. The molecule has 0 saturated carbocycles. The van der Waals surface area contributed by atoms with Gasteiger partial charge in [0.2, 0.25) is 5.89 Å². The van der Waals surface area contributed by atoms with Crippen LogP contribution in [0.4, 0.5) is 0 Å². The molecule has 1 heterocycles. The van der Waals surface area contributed by atoms with Crippen molar-refractivity contribution in [2.45, 2.75) is 0 Å². The molecule has 66 valence electrons. The van der Waals surface area contributed by atoms with Crippen molar-refractivity contribution in [1.29, 1.82) is 0 Å². The van der Waals surface area contributed by atoms with Gasteiger partial charge < -0.3 is 4.42 Å². The van der Waals surface area contributed by atoms with Crippen LogP contribution in [0, 0.1) is 3.57 Å². The number of hydrogen-bond acceptors (Lipinski definition) is 3. The summed E-state index contributed by atoms with van der Waals surface area (Å²) >= 11 is 7.72. The standard InChI is InChI=1S/C8H4ClIN2O/c9-8-12-11-7(13-8)5-2-1-3-6(10)4-5/h1-4H. The molecule has 0 radical (unpaired) electrons. The summed E-state index contributed by atoms with van der Waals surface area (Å²) in [5.41, 5.74) is 0.881. The fraction of sp³-hybridized carbons (Fsp3) is 0. The van der Waals surface area contributed by atoms with Crippen molar-refractivity contribution in [1.82, 2.24) is 10.2 Å². The Morgan fingerprint density at radius 1 is 1.31 bits per heavy atom. The lowest BCUT2D eigenvalue weighted by Crippen LogP contribution is -1.78. The Labute approximate surface area is 93.3 Å². The summed E-state index contributed by atoms with van der Waals surface area (Å²) in [6, 6.07) is 7.76. The molecule has 2 rings (SSSR count). The average Bonchev–Trinajstić information content (AvgIpc) is 2.52. The summed E-state index contributed by atoms with van der Waals surface area (Å²) in [5.74, 6) is 0.448. The monoisotopic (exact) mass is 306 g/mol. The molecule has 5 heteroatoms. The zero-order valence-corrected chi connectivity index (χ0v) is 9.28. The molecule has 0 bridgehead atoms. The van der Waals surface area contributed by atoms with E-state index in [1.54, 1.807) is 0 Å². The van der Waals surface area contributed by atoms with Crippen molar-refractivity contribution in [3.63, 3.8) is 0 Å². The minimum atomic E-state index is 0.0638. The van der Waals surface area contributed by atoms with E-state index in [0.29, 0.717) is 5.89 Å². The van der Waals surface area contributed by atoms with Gasteiger partial charge in [0.1, 0.15) is 0 Å². The van der Waals surface area contributed by atoms with Gasteiger partial charge in [0.15, 0.2) is 0 Å². The largest absolute Gasteiger partial charge is 0.407 e. The zero-order valence-electron chi connectivity index (χ0n) is 6.37. The second kappa shape index (κ2) is 3.63. The summed E-state index contributed by atoms with van der Waals surface area (Å²) in [5, 5.41) is 7.41. The molecule has 3 nitrogen and oxygen atoms in total. The Kier molecular flexibility index (Phi) is 2.50. The molecule has 0 amide bonds. The van der Waals surface area contributed by atoms with Crippen molar-refractivity contribution in [2.75, 3.05) is 0 Å². The van der Waals surface area contributed by atoms with Gasteiger partial charge in [-0.15, -0.1) is 5.10 Å². The van der Waals surface area contributed by atoms with Gasteiger partial charge in [-0.05, 0) is 52.4 Å². The maximum Gasteiger partial charge on any atom is 0.313 e. The van der Waals surface area contributed by atoms with E-state index >= 15 is 0 Å². The quantitative estimate of drug-likeness (QED) is 0.760. The molecule has 0 fully saturated rings. The van der Waals surface area contributed by atoms with Gasteiger partial charge >= 0.3 is 5.35 Å². The van der Waals surface area contributed by atoms with E-state index in [4.69, 9.17) is 16.0 Å². The Morgan fingerprint density at radius 2 is 2.15 bits per heavy atom. The molecule has 0 spiro atoms. The van der Waals surface area contributed by atoms with Crippen molar-refractivity contribution in [3.8, 4) is 11.5 Å². The number of rotatable bonds is 1. The van der Waals surface area contributed by atoms with Crippen LogP contribution >= 0.6 is 34.2 Å². The predicted molar refractivity (Wildman–Crippen MR) is 57.5 cm³/mol. The zero-order chi connectivity index (χ0) is 9.26. The average molecular weight is 306 g/mol. The van der Waals surface area contributed by atoms with Crippen LogP contribution in [0.25, 0.3) is 11.5 Å². The van der Waals surface area contributed by atoms with Crippen LogP contribution in [0.3, 0.4) is 0 Å².